The number of hydrogen-bond acceptors (Lipinski definition) is 2. The molecular formula is C10H8ClF3N2O2. The summed E-state index contributed by atoms with van der Waals surface area (Å²) in [5.41, 5.74) is 0.328. The number of halogens is 4. The molecule has 8 heteroatoms. The lowest BCUT2D eigenvalue weighted by Crippen LogP contribution is -2.41. The van der Waals surface area contributed by atoms with Crippen LogP contribution in [0.3, 0.4) is 0 Å². The van der Waals surface area contributed by atoms with Crippen molar-refractivity contribution in [1.82, 2.24) is 5.32 Å². The summed E-state index contributed by atoms with van der Waals surface area (Å²) in [6.07, 6.45) is -5.00. The van der Waals surface area contributed by atoms with Gasteiger partial charge in [0.1, 0.15) is 0 Å². The van der Waals surface area contributed by atoms with Crippen LogP contribution in [0.5, 0.6) is 0 Å². The summed E-state index contributed by atoms with van der Waals surface area (Å²) in [4.78, 5) is 21.7. The van der Waals surface area contributed by atoms with E-state index in [4.69, 9.17) is 11.6 Å². The highest BCUT2D eigenvalue weighted by Gasteiger charge is 2.38. The minimum Gasteiger partial charge on any atom is -0.339 e. The van der Waals surface area contributed by atoms with Crippen molar-refractivity contribution in [1.29, 1.82) is 0 Å². The van der Waals surface area contributed by atoms with Crippen LogP contribution >= 0.6 is 11.6 Å². The lowest BCUT2D eigenvalue weighted by Gasteiger charge is -2.08. The molecule has 1 aromatic carbocycles. The molecular weight excluding hydrogens is 273 g/mol. The van der Waals surface area contributed by atoms with Crippen LogP contribution in [-0.4, -0.2) is 24.5 Å². The molecule has 2 N–H and O–H groups in total. The fraction of sp³-hybridized carbons (Fsp3) is 0.200. The summed E-state index contributed by atoms with van der Waals surface area (Å²) in [5, 5.41) is 4.10. The number of anilines is 1. The van der Waals surface area contributed by atoms with Gasteiger partial charge in [-0.2, -0.15) is 13.2 Å². The number of rotatable bonds is 3. The van der Waals surface area contributed by atoms with Crippen LogP contribution < -0.4 is 10.6 Å². The molecule has 0 spiro atoms. The van der Waals surface area contributed by atoms with Crippen molar-refractivity contribution in [3.63, 3.8) is 0 Å². The number of alkyl halides is 3. The fourth-order valence-corrected chi connectivity index (χ4v) is 1.22. The van der Waals surface area contributed by atoms with E-state index in [1.54, 1.807) is 12.1 Å². The molecule has 0 aliphatic carbocycles. The number of nitrogens with one attached hydrogen (secondary N) is 2. The minimum atomic E-state index is -5.00. The zero-order valence-electron chi connectivity index (χ0n) is 8.84. The number of carbonyl (C=O) groups is 2. The predicted octanol–water partition coefficient (Wildman–Crippen LogP) is 1.96. The number of benzene rings is 1. The quantitative estimate of drug-likeness (QED) is 0.889. The van der Waals surface area contributed by atoms with E-state index in [9.17, 15) is 22.8 Å². The van der Waals surface area contributed by atoms with E-state index >= 15 is 0 Å². The first-order valence-electron chi connectivity index (χ1n) is 4.69. The normalized spacial score (nSPS) is 10.9. The highest BCUT2D eigenvalue weighted by molar-refractivity contribution is 6.30. The molecule has 0 saturated heterocycles. The largest absolute Gasteiger partial charge is 0.471 e. The van der Waals surface area contributed by atoms with E-state index in [2.05, 4.69) is 5.32 Å². The lowest BCUT2D eigenvalue weighted by molar-refractivity contribution is -0.173. The molecule has 18 heavy (non-hydrogen) atoms. The molecule has 0 unspecified atom stereocenters. The van der Waals surface area contributed by atoms with Crippen LogP contribution in [0, 0.1) is 0 Å². The third-order valence-corrected chi connectivity index (χ3v) is 2.01. The van der Waals surface area contributed by atoms with Crippen molar-refractivity contribution >= 4 is 29.1 Å². The standard InChI is InChI=1S/C10H8ClF3N2O2/c11-6-2-1-3-7(4-6)16-8(17)5-15-9(18)10(12,13)14/h1-4H,5H2,(H,15,18)(H,16,17). The molecule has 0 saturated carbocycles. The SMILES string of the molecule is O=C(CNC(=O)C(F)(F)F)Nc1cccc(Cl)c1. The molecule has 0 heterocycles. The van der Waals surface area contributed by atoms with Crippen LogP contribution in [0.1, 0.15) is 0 Å². The molecule has 0 radical (unpaired) electrons. The molecule has 2 amide bonds. The second-order valence-electron chi connectivity index (χ2n) is 3.24. The van der Waals surface area contributed by atoms with Crippen molar-refractivity contribution in [3.8, 4) is 0 Å². The van der Waals surface area contributed by atoms with Gasteiger partial charge in [-0.25, -0.2) is 0 Å². The molecule has 0 aliphatic rings. The van der Waals surface area contributed by atoms with E-state index in [0.29, 0.717) is 10.7 Å². The van der Waals surface area contributed by atoms with Gasteiger partial charge in [0.15, 0.2) is 0 Å². The molecule has 1 rings (SSSR count). The summed E-state index contributed by atoms with van der Waals surface area (Å²) in [7, 11) is 0. The van der Waals surface area contributed by atoms with E-state index in [-0.39, 0.29) is 0 Å². The second-order valence-corrected chi connectivity index (χ2v) is 3.68. The van der Waals surface area contributed by atoms with Gasteiger partial charge in [-0.1, -0.05) is 17.7 Å². The van der Waals surface area contributed by atoms with Crippen molar-refractivity contribution in [2.45, 2.75) is 6.18 Å². The first-order chi connectivity index (χ1) is 8.29. The Morgan fingerprint density at radius 1 is 1.28 bits per heavy atom. The minimum absolute atomic E-state index is 0.328. The third kappa shape index (κ3) is 4.62. The first-order valence-corrected chi connectivity index (χ1v) is 5.07. The van der Waals surface area contributed by atoms with Gasteiger partial charge in [0, 0.05) is 10.7 Å². The van der Waals surface area contributed by atoms with Crippen LogP contribution in [0.25, 0.3) is 0 Å². The van der Waals surface area contributed by atoms with Gasteiger partial charge < -0.3 is 10.6 Å². The maximum atomic E-state index is 11.8. The van der Waals surface area contributed by atoms with Crippen LogP contribution in [0.15, 0.2) is 24.3 Å². The predicted molar refractivity (Wildman–Crippen MR) is 59.1 cm³/mol. The maximum absolute atomic E-state index is 11.8. The Hall–Kier alpha value is -1.76. The molecule has 0 aromatic heterocycles. The molecule has 98 valence electrons. The Kier molecular flexibility index (Phi) is 4.55. The van der Waals surface area contributed by atoms with Gasteiger partial charge in [-0.3, -0.25) is 9.59 Å². The van der Waals surface area contributed by atoms with Crippen molar-refractivity contribution in [2.24, 2.45) is 0 Å². The summed E-state index contributed by atoms with van der Waals surface area (Å²) < 4.78 is 35.5. The van der Waals surface area contributed by atoms with E-state index in [1.165, 1.54) is 17.4 Å². The highest BCUT2D eigenvalue weighted by atomic mass is 35.5. The van der Waals surface area contributed by atoms with Gasteiger partial charge in [0.25, 0.3) is 0 Å². The molecule has 0 fully saturated rings. The third-order valence-electron chi connectivity index (χ3n) is 1.78. The zero-order chi connectivity index (χ0) is 13.8. The van der Waals surface area contributed by atoms with Gasteiger partial charge in [-0.05, 0) is 18.2 Å². The monoisotopic (exact) mass is 280 g/mol. The number of amides is 2. The Labute approximate surface area is 105 Å². The van der Waals surface area contributed by atoms with E-state index in [1.807, 2.05) is 0 Å². The first kappa shape index (κ1) is 14.3. The van der Waals surface area contributed by atoms with Gasteiger partial charge in [-0.15, -0.1) is 0 Å². The van der Waals surface area contributed by atoms with E-state index in [0.717, 1.165) is 0 Å². The Balaban J connectivity index is 2.46. The lowest BCUT2D eigenvalue weighted by atomic mass is 10.3. The van der Waals surface area contributed by atoms with Crippen LogP contribution in [-0.2, 0) is 9.59 Å². The average Bonchev–Trinajstić information content (AvgIpc) is 2.24. The van der Waals surface area contributed by atoms with Crippen molar-refractivity contribution < 1.29 is 22.8 Å². The Bertz CT molecular complexity index is 463. The summed E-state index contributed by atoms with van der Waals surface area (Å²) >= 11 is 5.65. The molecule has 4 nitrogen and oxygen atoms in total. The van der Waals surface area contributed by atoms with Crippen molar-refractivity contribution in [3.05, 3.63) is 29.3 Å². The summed E-state index contributed by atoms with van der Waals surface area (Å²) in [6, 6.07) is 6.06. The Morgan fingerprint density at radius 2 is 1.94 bits per heavy atom. The maximum Gasteiger partial charge on any atom is 0.471 e. The zero-order valence-corrected chi connectivity index (χ0v) is 9.60. The number of carbonyl (C=O) groups excluding carboxylic acids is 2. The molecule has 1 aromatic rings. The molecule has 0 bridgehead atoms. The summed E-state index contributed by atoms with van der Waals surface area (Å²) in [6.45, 7) is -0.773. The topological polar surface area (TPSA) is 58.2 Å². The second kappa shape index (κ2) is 5.72. The van der Waals surface area contributed by atoms with Crippen LogP contribution in [0.4, 0.5) is 18.9 Å². The van der Waals surface area contributed by atoms with Crippen LogP contribution in [0.2, 0.25) is 5.02 Å². The average molecular weight is 281 g/mol. The van der Waals surface area contributed by atoms with E-state index < -0.39 is 24.5 Å². The smallest absolute Gasteiger partial charge is 0.339 e. The van der Waals surface area contributed by atoms with Crippen molar-refractivity contribution in [2.75, 3.05) is 11.9 Å². The van der Waals surface area contributed by atoms with Gasteiger partial charge >= 0.3 is 12.1 Å². The van der Waals surface area contributed by atoms with Gasteiger partial charge in [0.05, 0.1) is 6.54 Å². The van der Waals surface area contributed by atoms with Gasteiger partial charge in [0.2, 0.25) is 5.91 Å². The Morgan fingerprint density at radius 3 is 2.50 bits per heavy atom. The molecule has 0 aliphatic heterocycles. The number of hydrogen-bond donors (Lipinski definition) is 2. The fourth-order valence-electron chi connectivity index (χ4n) is 1.03. The summed E-state index contributed by atoms with van der Waals surface area (Å²) in [5.74, 6) is -2.95. The highest BCUT2D eigenvalue weighted by Crippen LogP contribution is 2.15. The molecule has 0 atom stereocenters.